The van der Waals surface area contributed by atoms with Crippen LogP contribution in [-0.2, 0) is 0 Å². The predicted octanol–water partition coefficient (Wildman–Crippen LogP) is 3.40. The number of hydrogen-bond donors (Lipinski definition) is 1. The van der Waals surface area contributed by atoms with Gasteiger partial charge in [-0.15, -0.1) is 0 Å². The molecule has 0 aliphatic heterocycles. The lowest BCUT2D eigenvalue weighted by atomic mass is 10.1. The maximum Gasteiger partial charge on any atom is 0.259 e. The summed E-state index contributed by atoms with van der Waals surface area (Å²) in [6.07, 6.45) is 0. The van der Waals surface area contributed by atoms with E-state index in [1.807, 2.05) is 0 Å². The highest BCUT2D eigenvalue weighted by atomic mass is 19.1. The van der Waals surface area contributed by atoms with Crippen molar-refractivity contribution in [1.29, 1.82) is 0 Å². The largest absolute Gasteiger partial charge is 0.496 e. The van der Waals surface area contributed by atoms with Gasteiger partial charge in [-0.05, 0) is 31.2 Å². The van der Waals surface area contributed by atoms with E-state index >= 15 is 0 Å². The lowest BCUT2D eigenvalue weighted by Crippen LogP contribution is -2.14. The lowest BCUT2D eigenvalue weighted by Gasteiger charge is -2.11. The van der Waals surface area contributed by atoms with Gasteiger partial charge < -0.3 is 10.1 Å². The second-order valence-corrected chi connectivity index (χ2v) is 4.07. The van der Waals surface area contributed by atoms with E-state index in [4.69, 9.17) is 4.74 Å². The number of rotatable bonds is 3. The Bertz CT molecular complexity index is 611. The molecular formula is C15H14FNO2. The Morgan fingerprint density at radius 2 is 1.89 bits per heavy atom. The van der Waals surface area contributed by atoms with Crippen LogP contribution >= 0.6 is 0 Å². The maximum absolute atomic E-state index is 13.4. The molecule has 1 amide bonds. The Morgan fingerprint density at radius 1 is 1.16 bits per heavy atom. The first kappa shape index (κ1) is 13.1. The van der Waals surface area contributed by atoms with Gasteiger partial charge in [-0.1, -0.05) is 18.2 Å². The summed E-state index contributed by atoms with van der Waals surface area (Å²) in [5, 5.41) is 2.68. The Kier molecular flexibility index (Phi) is 3.80. The van der Waals surface area contributed by atoms with Crippen LogP contribution in [0.4, 0.5) is 10.1 Å². The Morgan fingerprint density at radius 3 is 2.63 bits per heavy atom. The highest BCUT2D eigenvalue weighted by molar-refractivity contribution is 6.06. The molecule has 0 aliphatic carbocycles. The fraction of sp³-hybridized carbons (Fsp3) is 0.133. The first-order valence-electron chi connectivity index (χ1n) is 5.83. The number of carbonyl (C=O) groups excluding carboxylic acids is 1. The molecule has 0 radical (unpaired) electrons. The van der Waals surface area contributed by atoms with E-state index in [1.165, 1.54) is 13.2 Å². The van der Waals surface area contributed by atoms with Crippen LogP contribution in [0.15, 0.2) is 42.5 Å². The van der Waals surface area contributed by atoms with E-state index in [9.17, 15) is 9.18 Å². The van der Waals surface area contributed by atoms with Crippen molar-refractivity contribution in [2.45, 2.75) is 6.92 Å². The predicted molar refractivity (Wildman–Crippen MR) is 72.1 cm³/mol. The van der Waals surface area contributed by atoms with Crippen LogP contribution in [0.2, 0.25) is 0 Å². The highest BCUT2D eigenvalue weighted by Crippen LogP contribution is 2.21. The number of anilines is 1. The molecule has 4 heteroatoms. The van der Waals surface area contributed by atoms with E-state index < -0.39 is 0 Å². The number of nitrogens with one attached hydrogen (secondary N) is 1. The zero-order valence-electron chi connectivity index (χ0n) is 10.7. The highest BCUT2D eigenvalue weighted by Gasteiger charge is 2.13. The maximum atomic E-state index is 13.4. The van der Waals surface area contributed by atoms with Crippen molar-refractivity contribution in [2.24, 2.45) is 0 Å². The topological polar surface area (TPSA) is 38.3 Å². The average molecular weight is 259 g/mol. The standard InChI is InChI=1S/C15H14FNO2/c1-10-12(16)7-5-8-13(10)17-15(18)11-6-3-4-9-14(11)19-2/h3-9H,1-2H3,(H,17,18). The van der Waals surface area contributed by atoms with Gasteiger partial charge in [0.05, 0.1) is 12.7 Å². The van der Waals surface area contributed by atoms with Crippen LogP contribution in [-0.4, -0.2) is 13.0 Å². The number of amides is 1. The first-order chi connectivity index (χ1) is 9.13. The van der Waals surface area contributed by atoms with E-state index in [0.29, 0.717) is 22.6 Å². The van der Waals surface area contributed by atoms with Gasteiger partial charge in [-0.3, -0.25) is 4.79 Å². The van der Waals surface area contributed by atoms with Crippen molar-refractivity contribution in [3.8, 4) is 5.75 Å². The van der Waals surface area contributed by atoms with Crippen LogP contribution in [0.1, 0.15) is 15.9 Å². The molecule has 19 heavy (non-hydrogen) atoms. The minimum atomic E-state index is -0.349. The average Bonchev–Trinajstić information content (AvgIpc) is 2.43. The van der Waals surface area contributed by atoms with Gasteiger partial charge in [-0.25, -0.2) is 4.39 Å². The van der Waals surface area contributed by atoms with Crippen molar-refractivity contribution < 1.29 is 13.9 Å². The number of hydrogen-bond acceptors (Lipinski definition) is 2. The smallest absolute Gasteiger partial charge is 0.259 e. The van der Waals surface area contributed by atoms with Crippen molar-refractivity contribution in [3.63, 3.8) is 0 Å². The summed E-state index contributed by atoms with van der Waals surface area (Å²) in [7, 11) is 1.50. The zero-order chi connectivity index (χ0) is 13.8. The molecular weight excluding hydrogens is 245 g/mol. The molecule has 2 aromatic rings. The molecule has 0 spiro atoms. The molecule has 1 N–H and O–H groups in total. The van der Waals surface area contributed by atoms with E-state index in [0.717, 1.165) is 0 Å². The second-order valence-electron chi connectivity index (χ2n) is 4.07. The summed E-state index contributed by atoms with van der Waals surface area (Å²) in [5.74, 6) is -0.196. The number of carbonyl (C=O) groups is 1. The van der Waals surface area contributed by atoms with Crippen LogP contribution < -0.4 is 10.1 Å². The molecule has 2 aromatic carbocycles. The third-order valence-corrected chi connectivity index (χ3v) is 2.87. The van der Waals surface area contributed by atoms with Crippen LogP contribution in [0.25, 0.3) is 0 Å². The summed E-state index contributed by atoms with van der Waals surface area (Å²) in [4.78, 5) is 12.1. The minimum Gasteiger partial charge on any atom is -0.496 e. The molecule has 3 nitrogen and oxygen atoms in total. The molecule has 0 aromatic heterocycles. The monoisotopic (exact) mass is 259 g/mol. The van der Waals surface area contributed by atoms with Crippen molar-refractivity contribution in [3.05, 3.63) is 59.4 Å². The van der Waals surface area contributed by atoms with Crippen LogP contribution in [0.3, 0.4) is 0 Å². The van der Waals surface area contributed by atoms with Gasteiger partial charge in [0.25, 0.3) is 5.91 Å². The molecule has 0 saturated heterocycles. The fourth-order valence-electron chi connectivity index (χ4n) is 1.76. The number of halogens is 1. The SMILES string of the molecule is COc1ccccc1C(=O)Nc1cccc(F)c1C. The third kappa shape index (κ3) is 2.73. The number of para-hydroxylation sites is 1. The summed E-state index contributed by atoms with van der Waals surface area (Å²) < 4.78 is 18.5. The molecule has 0 atom stereocenters. The molecule has 0 bridgehead atoms. The molecule has 0 heterocycles. The first-order valence-corrected chi connectivity index (χ1v) is 5.83. The third-order valence-electron chi connectivity index (χ3n) is 2.87. The number of benzene rings is 2. The van der Waals surface area contributed by atoms with Crippen molar-refractivity contribution in [1.82, 2.24) is 0 Å². The molecule has 0 aliphatic rings. The van der Waals surface area contributed by atoms with Gasteiger partial charge in [-0.2, -0.15) is 0 Å². The normalized spacial score (nSPS) is 10.1. The minimum absolute atomic E-state index is 0.328. The van der Waals surface area contributed by atoms with Crippen LogP contribution in [0.5, 0.6) is 5.75 Å². The molecule has 0 saturated carbocycles. The molecule has 98 valence electrons. The summed E-state index contributed by atoms with van der Waals surface area (Å²) >= 11 is 0. The van der Waals surface area contributed by atoms with Crippen molar-refractivity contribution >= 4 is 11.6 Å². The van der Waals surface area contributed by atoms with E-state index in [-0.39, 0.29) is 11.7 Å². The fourth-order valence-corrected chi connectivity index (χ4v) is 1.76. The Labute approximate surface area is 111 Å². The lowest BCUT2D eigenvalue weighted by molar-refractivity contribution is 0.102. The Hall–Kier alpha value is -2.36. The second kappa shape index (κ2) is 5.52. The summed E-state index contributed by atoms with van der Waals surface area (Å²) in [6.45, 7) is 1.62. The summed E-state index contributed by atoms with van der Waals surface area (Å²) in [5.41, 5.74) is 1.27. The number of methoxy groups -OCH3 is 1. The van der Waals surface area contributed by atoms with Crippen LogP contribution in [0, 0.1) is 12.7 Å². The molecule has 0 fully saturated rings. The zero-order valence-corrected chi connectivity index (χ0v) is 10.7. The number of ether oxygens (including phenoxy) is 1. The van der Waals surface area contributed by atoms with Gasteiger partial charge in [0.1, 0.15) is 11.6 Å². The van der Waals surface area contributed by atoms with E-state index in [2.05, 4.69) is 5.32 Å². The Balaban J connectivity index is 2.28. The van der Waals surface area contributed by atoms with Crippen molar-refractivity contribution in [2.75, 3.05) is 12.4 Å². The van der Waals surface area contributed by atoms with Gasteiger partial charge in [0, 0.05) is 11.3 Å². The summed E-state index contributed by atoms with van der Waals surface area (Å²) in [6, 6.07) is 11.5. The van der Waals surface area contributed by atoms with Gasteiger partial charge >= 0.3 is 0 Å². The van der Waals surface area contributed by atoms with Gasteiger partial charge in [0.15, 0.2) is 0 Å². The van der Waals surface area contributed by atoms with Gasteiger partial charge in [0.2, 0.25) is 0 Å². The molecule has 2 rings (SSSR count). The quantitative estimate of drug-likeness (QED) is 0.917. The van der Waals surface area contributed by atoms with E-state index in [1.54, 1.807) is 43.3 Å². The molecule has 0 unspecified atom stereocenters.